The van der Waals surface area contributed by atoms with Crippen molar-refractivity contribution in [2.24, 2.45) is 0 Å². The Morgan fingerprint density at radius 3 is 2.59 bits per heavy atom. The van der Waals surface area contributed by atoms with Crippen LogP contribution in [0, 0.1) is 6.92 Å². The molecule has 1 fully saturated rings. The van der Waals surface area contributed by atoms with Gasteiger partial charge in [-0.15, -0.1) is 11.3 Å². The molecule has 1 aromatic heterocycles. The highest BCUT2D eigenvalue weighted by atomic mass is 32.1. The van der Waals surface area contributed by atoms with Gasteiger partial charge in [-0.25, -0.2) is 4.79 Å². The predicted octanol–water partition coefficient (Wildman–Crippen LogP) is 4.02. The maximum atomic E-state index is 13.5. The van der Waals surface area contributed by atoms with Crippen LogP contribution in [0.5, 0.6) is 0 Å². The standard InChI is InChI=1S/C27H27N3O3S/c1-19-11-12-22(34-19)17-29(16-14-20-7-3-2-4-8-20)24(31)18-30-25(32)27(28-26(30)33)15-13-21-9-5-6-10-23(21)27/h2-12H,13-18H2,1H3,(H,28,33)/t27-/m1/s1. The van der Waals surface area contributed by atoms with Gasteiger partial charge in [-0.05, 0) is 55.0 Å². The van der Waals surface area contributed by atoms with Crippen LogP contribution in [-0.2, 0) is 34.5 Å². The molecular weight excluding hydrogens is 446 g/mol. The Morgan fingerprint density at radius 2 is 1.82 bits per heavy atom. The topological polar surface area (TPSA) is 69.7 Å². The molecule has 1 aliphatic carbocycles. The third-order valence-electron chi connectivity index (χ3n) is 6.72. The second-order valence-corrected chi connectivity index (χ2v) is 10.3. The Kier molecular flexibility index (Phi) is 5.96. The first kappa shape index (κ1) is 22.3. The van der Waals surface area contributed by atoms with Crippen LogP contribution in [-0.4, -0.2) is 40.7 Å². The van der Waals surface area contributed by atoms with Crippen LogP contribution in [0.15, 0.2) is 66.7 Å². The van der Waals surface area contributed by atoms with Gasteiger partial charge >= 0.3 is 6.03 Å². The maximum Gasteiger partial charge on any atom is 0.325 e. The number of fused-ring (bicyclic) bond motifs is 2. The lowest BCUT2D eigenvalue weighted by molar-refractivity contribution is -0.139. The maximum absolute atomic E-state index is 13.5. The summed E-state index contributed by atoms with van der Waals surface area (Å²) >= 11 is 1.65. The highest BCUT2D eigenvalue weighted by Gasteiger charge is 2.55. The van der Waals surface area contributed by atoms with Gasteiger partial charge in [0.2, 0.25) is 5.91 Å². The molecule has 7 heteroatoms. The lowest BCUT2D eigenvalue weighted by atomic mass is 9.92. The van der Waals surface area contributed by atoms with Crippen LogP contribution in [0.2, 0.25) is 0 Å². The number of benzene rings is 2. The quantitative estimate of drug-likeness (QED) is 0.527. The molecule has 0 radical (unpaired) electrons. The second kappa shape index (κ2) is 9.06. The van der Waals surface area contributed by atoms with Crippen LogP contribution in [0.4, 0.5) is 4.79 Å². The number of nitrogens with one attached hydrogen (secondary N) is 1. The SMILES string of the molecule is Cc1ccc(CN(CCc2ccccc2)C(=O)CN2C(=O)N[C@@]3(CCc4ccccc43)C2=O)s1. The van der Waals surface area contributed by atoms with E-state index in [4.69, 9.17) is 0 Å². The van der Waals surface area contributed by atoms with E-state index in [0.29, 0.717) is 25.9 Å². The summed E-state index contributed by atoms with van der Waals surface area (Å²) in [5.41, 5.74) is 2.01. The summed E-state index contributed by atoms with van der Waals surface area (Å²) < 4.78 is 0. The first-order valence-corrected chi connectivity index (χ1v) is 12.4. The van der Waals surface area contributed by atoms with Gasteiger partial charge in [0, 0.05) is 16.3 Å². The number of imide groups is 1. The lowest BCUT2D eigenvalue weighted by Crippen LogP contribution is -2.45. The normalized spacial score (nSPS) is 18.9. The van der Waals surface area contributed by atoms with Gasteiger partial charge in [0.05, 0.1) is 6.54 Å². The first-order chi connectivity index (χ1) is 16.5. The van der Waals surface area contributed by atoms with E-state index in [-0.39, 0.29) is 18.4 Å². The minimum atomic E-state index is -1.05. The molecule has 4 amide bonds. The summed E-state index contributed by atoms with van der Waals surface area (Å²) in [6, 6.07) is 21.3. The molecule has 1 N–H and O–H groups in total. The van der Waals surface area contributed by atoms with Gasteiger partial charge in [0.25, 0.3) is 5.91 Å². The van der Waals surface area contributed by atoms with Gasteiger partial charge in [-0.1, -0.05) is 54.6 Å². The molecule has 6 nitrogen and oxygen atoms in total. The predicted molar refractivity (Wildman–Crippen MR) is 131 cm³/mol. The van der Waals surface area contributed by atoms with Crippen molar-refractivity contribution in [2.75, 3.05) is 13.1 Å². The number of urea groups is 1. The van der Waals surface area contributed by atoms with Crippen molar-refractivity contribution < 1.29 is 14.4 Å². The lowest BCUT2D eigenvalue weighted by Gasteiger charge is -2.25. The number of nitrogens with zero attached hydrogens (tertiary/aromatic N) is 2. The Morgan fingerprint density at radius 1 is 1.06 bits per heavy atom. The van der Waals surface area contributed by atoms with Crippen LogP contribution >= 0.6 is 11.3 Å². The van der Waals surface area contributed by atoms with Crippen molar-refractivity contribution in [3.05, 3.63) is 93.2 Å². The van der Waals surface area contributed by atoms with E-state index in [0.717, 1.165) is 32.9 Å². The summed E-state index contributed by atoms with van der Waals surface area (Å²) in [7, 11) is 0. The van der Waals surface area contributed by atoms with Crippen molar-refractivity contribution in [3.63, 3.8) is 0 Å². The fourth-order valence-corrected chi connectivity index (χ4v) is 5.83. The highest BCUT2D eigenvalue weighted by molar-refractivity contribution is 7.11. The van der Waals surface area contributed by atoms with Gasteiger partial charge in [-0.2, -0.15) is 0 Å². The Bertz CT molecular complexity index is 1240. The molecule has 0 saturated carbocycles. The van der Waals surface area contributed by atoms with E-state index in [1.807, 2.05) is 73.7 Å². The molecule has 174 valence electrons. The number of carbonyl (C=O) groups excluding carboxylic acids is 3. The first-order valence-electron chi connectivity index (χ1n) is 11.6. The number of hydrogen-bond acceptors (Lipinski definition) is 4. The zero-order valence-electron chi connectivity index (χ0n) is 19.1. The summed E-state index contributed by atoms with van der Waals surface area (Å²) in [4.78, 5) is 44.9. The van der Waals surface area contributed by atoms with Crippen molar-refractivity contribution in [1.29, 1.82) is 0 Å². The number of thiophene rings is 1. The molecule has 3 aromatic rings. The zero-order valence-corrected chi connectivity index (χ0v) is 19.9. The van der Waals surface area contributed by atoms with Crippen LogP contribution < -0.4 is 5.32 Å². The van der Waals surface area contributed by atoms with Gasteiger partial charge < -0.3 is 10.2 Å². The van der Waals surface area contributed by atoms with Gasteiger partial charge in [0.1, 0.15) is 12.1 Å². The molecule has 1 atom stereocenters. The smallest absolute Gasteiger partial charge is 0.325 e. The van der Waals surface area contributed by atoms with Crippen LogP contribution in [0.3, 0.4) is 0 Å². The van der Waals surface area contributed by atoms with Crippen molar-refractivity contribution in [1.82, 2.24) is 15.1 Å². The summed E-state index contributed by atoms with van der Waals surface area (Å²) in [5, 5.41) is 2.91. The largest absolute Gasteiger partial charge is 0.336 e. The second-order valence-electron chi connectivity index (χ2n) is 8.95. The fourth-order valence-electron chi connectivity index (χ4n) is 4.93. The molecule has 2 aliphatic rings. The highest BCUT2D eigenvalue weighted by Crippen LogP contribution is 2.41. The number of amides is 4. The zero-order chi connectivity index (χ0) is 23.7. The Balaban J connectivity index is 1.34. The van der Waals surface area contributed by atoms with E-state index in [2.05, 4.69) is 5.32 Å². The third kappa shape index (κ3) is 4.12. The summed E-state index contributed by atoms with van der Waals surface area (Å²) in [5.74, 6) is -0.556. The van der Waals surface area contributed by atoms with Crippen molar-refractivity contribution >= 4 is 29.2 Å². The molecule has 1 saturated heterocycles. The van der Waals surface area contributed by atoms with Gasteiger partial charge in [0.15, 0.2) is 0 Å². The third-order valence-corrected chi connectivity index (χ3v) is 7.71. The van der Waals surface area contributed by atoms with Crippen molar-refractivity contribution in [3.8, 4) is 0 Å². The molecule has 2 heterocycles. The van der Waals surface area contributed by atoms with E-state index < -0.39 is 11.6 Å². The minimum Gasteiger partial charge on any atom is -0.336 e. The molecule has 5 rings (SSSR count). The van der Waals surface area contributed by atoms with Crippen molar-refractivity contribution in [2.45, 2.75) is 38.3 Å². The monoisotopic (exact) mass is 473 g/mol. The van der Waals surface area contributed by atoms with E-state index in [1.54, 1.807) is 16.2 Å². The average Bonchev–Trinajstić information content (AvgIpc) is 3.50. The molecule has 2 aromatic carbocycles. The molecule has 0 bridgehead atoms. The molecule has 1 spiro atoms. The molecular formula is C27H27N3O3S. The molecule has 34 heavy (non-hydrogen) atoms. The Labute approximate surface area is 203 Å². The minimum absolute atomic E-state index is 0.228. The molecule has 1 aliphatic heterocycles. The van der Waals surface area contributed by atoms with Crippen LogP contribution in [0.25, 0.3) is 0 Å². The fraction of sp³-hybridized carbons (Fsp3) is 0.296. The number of hydrogen-bond donors (Lipinski definition) is 1. The number of carbonyl (C=O) groups is 3. The van der Waals surface area contributed by atoms with Gasteiger partial charge in [-0.3, -0.25) is 14.5 Å². The van der Waals surface area contributed by atoms with Crippen LogP contribution in [0.1, 0.15) is 32.9 Å². The Hall–Kier alpha value is -3.45. The number of aryl methyl sites for hydroxylation is 2. The van der Waals surface area contributed by atoms with E-state index >= 15 is 0 Å². The number of rotatable bonds is 7. The average molecular weight is 474 g/mol. The van der Waals surface area contributed by atoms with E-state index in [9.17, 15) is 14.4 Å². The van der Waals surface area contributed by atoms with E-state index in [1.165, 1.54) is 4.88 Å². The molecule has 0 unspecified atom stereocenters. The summed E-state index contributed by atoms with van der Waals surface area (Å²) in [6.45, 7) is 2.75. The summed E-state index contributed by atoms with van der Waals surface area (Å²) in [6.07, 6.45) is 1.95.